The van der Waals surface area contributed by atoms with Crippen LogP contribution in [0, 0.1) is 10.1 Å². The van der Waals surface area contributed by atoms with E-state index in [-0.39, 0.29) is 22.6 Å². The molecule has 0 atom stereocenters. The molecule has 178 valence electrons. The van der Waals surface area contributed by atoms with Crippen molar-refractivity contribution in [2.45, 2.75) is 44.3 Å². The number of rotatable bonds is 10. The molecular formula is C23H25N5O5S. The second kappa shape index (κ2) is 11.9. The first kappa shape index (κ1) is 24.9. The van der Waals surface area contributed by atoms with E-state index in [0.717, 1.165) is 43.5 Å². The first-order valence-electron chi connectivity index (χ1n) is 10.9. The Kier molecular flexibility index (Phi) is 8.74. The molecule has 1 aromatic heterocycles. The van der Waals surface area contributed by atoms with Crippen LogP contribution in [0.2, 0.25) is 0 Å². The molecule has 0 aliphatic heterocycles. The predicted molar refractivity (Wildman–Crippen MR) is 130 cm³/mol. The molecule has 2 aromatic carbocycles. The Balaban J connectivity index is 1.66. The van der Waals surface area contributed by atoms with E-state index in [4.69, 9.17) is 0 Å². The van der Waals surface area contributed by atoms with Gasteiger partial charge in [0.15, 0.2) is 5.16 Å². The number of nitrogens with zero attached hydrogens (tertiary/aromatic N) is 3. The van der Waals surface area contributed by atoms with E-state index < -0.39 is 16.7 Å². The van der Waals surface area contributed by atoms with Crippen molar-refractivity contribution >= 4 is 40.2 Å². The molecule has 0 spiro atoms. The van der Waals surface area contributed by atoms with Gasteiger partial charge in [0.05, 0.1) is 21.6 Å². The minimum Gasteiger partial charge on any atom is -0.287 e. The molecule has 10 nitrogen and oxygen atoms in total. The number of amides is 2. The Hall–Kier alpha value is -3.73. The Morgan fingerprint density at radius 1 is 1.09 bits per heavy atom. The van der Waals surface area contributed by atoms with Gasteiger partial charge in [-0.1, -0.05) is 56.1 Å². The van der Waals surface area contributed by atoms with Gasteiger partial charge in [0.1, 0.15) is 0 Å². The molecule has 0 aliphatic carbocycles. The highest BCUT2D eigenvalue weighted by atomic mass is 32.2. The lowest BCUT2D eigenvalue weighted by Gasteiger charge is -2.13. The number of para-hydroxylation sites is 1. The molecule has 0 radical (unpaired) electrons. The second-order valence-electron chi connectivity index (χ2n) is 7.53. The van der Waals surface area contributed by atoms with Gasteiger partial charge in [0, 0.05) is 24.2 Å². The maximum atomic E-state index is 13.0. The van der Waals surface area contributed by atoms with Crippen molar-refractivity contribution in [1.82, 2.24) is 20.4 Å². The van der Waals surface area contributed by atoms with Crippen LogP contribution in [0.15, 0.2) is 58.5 Å². The number of nitro benzene ring substituents is 1. The zero-order valence-corrected chi connectivity index (χ0v) is 19.5. The minimum atomic E-state index is -0.682. The first-order valence-corrected chi connectivity index (χ1v) is 11.8. The number of aromatic nitrogens is 2. The molecule has 2 N–H and O–H groups in total. The number of carbonyl (C=O) groups excluding carboxylic acids is 2. The Bertz CT molecular complexity index is 1260. The van der Waals surface area contributed by atoms with Crippen LogP contribution < -0.4 is 16.4 Å². The first-order chi connectivity index (χ1) is 16.4. The summed E-state index contributed by atoms with van der Waals surface area (Å²) < 4.78 is 1.59. The highest BCUT2D eigenvalue weighted by Crippen LogP contribution is 2.18. The summed E-state index contributed by atoms with van der Waals surface area (Å²) in [5, 5.41) is 11.8. The topological polar surface area (TPSA) is 136 Å². The van der Waals surface area contributed by atoms with Crippen molar-refractivity contribution in [2.24, 2.45) is 0 Å². The highest BCUT2D eigenvalue weighted by Gasteiger charge is 2.15. The quantitative estimate of drug-likeness (QED) is 0.148. The summed E-state index contributed by atoms with van der Waals surface area (Å²) in [7, 11) is 0. The largest absolute Gasteiger partial charge is 0.287 e. The maximum Gasteiger partial charge on any atom is 0.270 e. The molecule has 11 heteroatoms. The fraction of sp³-hybridized carbons (Fsp3) is 0.304. The van der Waals surface area contributed by atoms with Gasteiger partial charge in [-0.2, -0.15) is 0 Å². The van der Waals surface area contributed by atoms with Crippen molar-refractivity contribution in [2.75, 3.05) is 5.75 Å². The third-order valence-electron chi connectivity index (χ3n) is 5.03. The van der Waals surface area contributed by atoms with E-state index in [1.165, 1.54) is 18.2 Å². The summed E-state index contributed by atoms with van der Waals surface area (Å²) in [6, 6.07) is 12.2. The average Bonchev–Trinajstić information content (AvgIpc) is 2.85. The standard InChI is InChI=1S/C23H25N5O5S/c1-2-3-4-7-13-27-22(31)18-11-5-6-12-19(18)24-23(27)34-15-20(29)25-26-21(30)16-9-8-10-17(14-16)28(32)33/h5-6,8-12,14H,2-4,7,13,15H2,1H3,(H,25,29)(H,26,30). The number of hydrazine groups is 1. The molecule has 0 saturated carbocycles. The van der Waals surface area contributed by atoms with Crippen LogP contribution in [0.5, 0.6) is 0 Å². The molecule has 1 heterocycles. The number of fused-ring (bicyclic) bond motifs is 1. The van der Waals surface area contributed by atoms with Crippen molar-refractivity contribution in [3.05, 3.63) is 74.6 Å². The molecular weight excluding hydrogens is 458 g/mol. The highest BCUT2D eigenvalue weighted by molar-refractivity contribution is 7.99. The number of nitro groups is 1. The molecule has 0 unspecified atom stereocenters. The van der Waals surface area contributed by atoms with Crippen LogP contribution in [0.1, 0.15) is 43.0 Å². The van der Waals surface area contributed by atoms with Gasteiger partial charge in [-0.15, -0.1) is 0 Å². The molecule has 0 saturated heterocycles. The lowest BCUT2D eigenvalue weighted by molar-refractivity contribution is -0.384. The number of non-ortho nitro benzene ring substituents is 1. The van der Waals surface area contributed by atoms with E-state index in [2.05, 4.69) is 22.8 Å². The van der Waals surface area contributed by atoms with Gasteiger partial charge in [0.25, 0.3) is 17.2 Å². The summed E-state index contributed by atoms with van der Waals surface area (Å²) in [4.78, 5) is 52.4. The summed E-state index contributed by atoms with van der Waals surface area (Å²) in [6.45, 7) is 2.62. The molecule has 2 amide bonds. The number of benzene rings is 2. The van der Waals surface area contributed by atoms with Gasteiger partial charge in [-0.05, 0) is 24.6 Å². The summed E-state index contributed by atoms with van der Waals surface area (Å²) in [6.07, 6.45) is 3.97. The van der Waals surface area contributed by atoms with Gasteiger partial charge >= 0.3 is 0 Å². The molecule has 3 aromatic rings. The smallest absolute Gasteiger partial charge is 0.270 e. The maximum absolute atomic E-state index is 13.0. The minimum absolute atomic E-state index is 0.0410. The van der Waals surface area contributed by atoms with Crippen LogP contribution in [-0.2, 0) is 11.3 Å². The molecule has 3 rings (SSSR count). The van der Waals surface area contributed by atoms with Crippen LogP contribution >= 0.6 is 11.8 Å². The molecule has 34 heavy (non-hydrogen) atoms. The molecule has 0 fully saturated rings. The number of nitrogens with one attached hydrogen (secondary N) is 2. The van der Waals surface area contributed by atoms with E-state index >= 15 is 0 Å². The van der Waals surface area contributed by atoms with Crippen molar-refractivity contribution < 1.29 is 14.5 Å². The average molecular weight is 484 g/mol. The van der Waals surface area contributed by atoms with E-state index in [0.29, 0.717) is 22.6 Å². The Morgan fingerprint density at radius 2 is 1.88 bits per heavy atom. The van der Waals surface area contributed by atoms with Gasteiger partial charge in [-0.3, -0.25) is 39.9 Å². The van der Waals surface area contributed by atoms with E-state index in [1.807, 2.05) is 0 Å². The van der Waals surface area contributed by atoms with Gasteiger partial charge < -0.3 is 0 Å². The summed E-state index contributed by atoms with van der Waals surface area (Å²) in [5.41, 5.74) is 4.75. The molecule has 0 aliphatic rings. The summed E-state index contributed by atoms with van der Waals surface area (Å²) in [5.74, 6) is -1.28. The number of carbonyl (C=O) groups is 2. The van der Waals surface area contributed by atoms with Crippen molar-refractivity contribution in [1.29, 1.82) is 0 Å². The normalized spacial score (nSPS) is 10.7. The zero-order chi connectivity index (χ0) is 24.5. The SMILES string of the molecule is CCCCCCn1c(SCC(=O)NNC(=O)c2cccc([N+](=O)[O-])c2)nc2ccccc2c1=O. The number of hydrogen-bond acceptors (Lipinski definition) is 7. The number of hydrogen-bond donors (Lipinski definition) is 2. The van der Waals surface area contributed by atoms with Gasteiger partial charge in [0.2, 0.25) is 5.91 Å². The van der Waals surface area contributed by atoms with Crippen LogP contribution in [0.4, 0.5) is 5.69 Å². The third kappa shape index (κ3) is 6.41. The fourth-order valence-corrected chi connectivity index (χ4v) is 4.10. The van der Waals surface area contributed by atoms with Crippen LogP contribution in [0.3, 0.4) is 0 Å². The monoisotopic (exact) mass is 483 g/mol. The van der Waals surface area contributed by atoms with Crippen molar-refractivity contribution in [3.63, 3.8) is 0 Å². The number of unbranched alkanes of at least 4 members (excludes halogenated alkanes) is 3. The lowest BCUT2D eigenvalue weighted by atomic mass is 10.2. The van der Waals surface area contributed by atoms with E-state index in [9.17, 15) is 24.5 Å². The number of thioether (sulfide) groups is 1. The second-order valence-corrected chi connectivity index (χ2v) is 8.47. The van der Waals surface area contributed by atoms with Crippen LogP contribution in [-0.4, -0.2) is 32.0 Å². The Labute approximate surface area is 199 Å². The predicted octanol–water partition coefficient (Wildman–Crippen LogP) is 3.44. The third-order valence-corrected chi connectivity index (χ3v) is 6.01. The lowest BCUT2D eigenvalue weighted by Crippen LogP contribution is -2.42. The fourth-order valence-electron chi connectivity index (χ4n) is 3.28. The zero-order valence-electron chi connectivity index (χ0n) is 18.7. The molecule has 0 bridgehead atoms. The van der Waals surface area contributed by atoms with Crippen LogP contribution in [0.25, 0.3) is 10.9 Å². The summed E-state index contributed by atoms with van der Waals surface area (Å²) >= 11 is 1.10. The van der Waals surface area contributed by atoms with Crippen molar-refractivity contribution in [3.8, 4) is 0 Å². The Morgan fingerprint density at radius 3 is 2.65 bits per heavy atom. The van der Waals surface area contributed by atoms with E-state index in [1.54, 1.807) is 28.8 Å². The van der Waals surface area contributed by atoms with Gasteiger partial charge in [-0.25, -0.2) is 4.98 Å².